The first-order valence-corrected chi connectivity index (χ1v) is 7.26. The van der Waals surface area contributed by atoms with E-state index in [1.807, 2.05) is 18.2 Å². The predicted octanol–water partition coefficient (Wildman–Crippen LogP) is 3.54. The van der Waals surface area contributed by atoms with Gasteiger partial charge in [0.25, 0.3) is 0 Å². The fourth-order valence-electron chi connectivity index (χ4n) is 1.60. The Balaban J connectivity index is 2.21. The molecule has 0 spiro atoms. The molecule has 0 aliphatic carbocycles. The molecule has 0 radical (unpaired) electrons. The molecule has 1 atom stereocenters. The number of amides is 2. The van der Waals surface area contributed by atoms with E-state index in [0.717, 1.165) is 0 Å². The first kappa shape index (κ1) is 17.8. The van der Waals surface area contributed by atoms with Crippen LogP contribution in [-0.4, -0.2) is 30.4 Å². The number of para-hydroxylation sites is 1. The lowest BCUT2D eigenvalue weighted by Crippen LogP contribution is -2.34. The van der Waals surface area contributed by atoms with E-state index in [0.29, 0.717) is 18.7 Å². The van der Waals surface area contributed by atoms with Crippen LogP contribution >= 0.6 is 0 Å². The van der Waals surface area contributed by atoms with E-state index in [2.05, 4.69) is 10.6 Å². The van der Waals surface area contributed by atoms with Crippen LogP contribution in [0.1, 0.15) is 34.1 Å². The van der Waals surface area contributed by atoms with Gasteiger partial charge in [-0.1, -0.05) is 18.2 Å². The minimum absolute atomic E-state index is 0.321. The van der Waals surface area contributed by atoms with Crippen molar-refractivity contribution in [3.63, 3.8) is 0 Å². The highest BCUT2D eigenvalue weighted by atomic mass is 16.6. The van der Waals surface area contributed by atoms with Crippen LogP contribution in [0.15, 0.2) is 30.3 Å². The maximum Gasteiger partial charge on any atom is 0.411 e. The lowest BCUT2D eigenvalue weighted by Gasteiger charge is -2.20. The van der Waals surface area contributed by atoms with Crippen molar-refractivity contribution in [2.24, 2.45) is 0 Å². The molecule has 1 aromatic rings. The van der Waals surface area contributed by atoms with E-state index in [4.69, 9.17) is 9.47 Å². The summed E-state index contributed by atoms with van der Waals surface area (Å²) in [5.41, 5.74) is 0.147. The molecule has 0 aliphatic heterocycles. The van der Waals surface area contributed by atoms with Crippen molar-refractivity contribution in [1.82, 2.24) is 5.32 Å². The fraction of sp³-hybridized carbons (Fsp3) is 0.500. The Bertz CT molecular complexity index is 483. The summed E-state index contributed by atoms with van der Waals surface area (Å²) in [6.07, 6.45) is -0.815. The monoisotopic (exact) mass is 308 g/mol. The summed E-state index contributed by atoms with van der Waals surface area (Å²) in [6.45, 7) is 7.53. The topological polar surface area (TPSA) is 76.7 Å². The minimum Gasteiger partial charge on any atom is -0.446 e. The van der Waals surface area contributed by atoms with E-state index in [1.54, 1.807) is 39.8 Å². The molecular weight excluding hydrogens is 284 g/mol. The Morgan fingerprint density at radius 2 is 1.77 bits per heavy atom. The molecule has 1 unspecified atom stereocenters. The number of carbonyl (C=O) groups excluding carboxylic acids is 2. The van der Waals surface area contributed by atoms with Gasteiger partial charge in [0.15, 0.2) is 0 Å². The standard InChI is InChI=1S/C16H24N2O4/c1-12(10-11-17-14(19)22-16(2,3)4)21-15(20)18-13-8-6-5-7-9-13/h5-9,12H,10-11H2,1-4H3,(H,17,19)(H,18,20). The van der Waals surface area contributed by atoms with Gasteiger partial charge in [0.05, 0.1) is 0 Å². The van der Waals surface area contributed by atoms with E-state index < -0.39 is 17.8 Å². The van der Waals surface area contributed by atoms with Gasteiger partial charge in [0.1, 0.15) is 11.7 Å². The number of hydrogen-bond donors (Lipinski definition) is 2. The van der Waals surface area contributed by atoms with Crippen LogP contribution in [-0.2, 0) is 9.47 Å². The molecule has 1 aromatic carbocycles. The van der Waals surface area contributed by atoms with Crippen molar-refractivity contribution in [1.29, 1.82) is 0 Å². The molecule has 22 heavy (non-hydrogen) atoms. The van der Waals surface area contributed by atoms with Gasteiger partial charge in [0.2, 0.25) is 0 Å². The lowest BCUT2D eigenvalue weighted by atomic mass is 10.2. The van der Waals surface area contributed by atoms with Gasteiger partial charge >= 0.3 is 12.2 Å². The summed E-state index contributed by atoms with van der Waals surface area (Å²) in [5.74, 6) is 0. The second kappa shape index (κ2) is 8.26. The molecule has 122 valence electrons. The molecule has 0 saturated heterocycles. The summed E-state index contributed by atoms with van der Waals surface area (Å²) < 4.78 is 10.3. The first-order chi connectivity index (χ1) is 10.3. The molecule has 0 fully saturated rings. The van der Waals surface area contributed by atoms with Crippen LogP contribution in [0, 0.1) is 0 Å². The van der Waals surface area contributed by atoms with Crippen molar-refractivity contribution >= 4 is 17.9 Å². The summed E-state index contributed by atoms with van der Waals surface area (Å²) in [4.78, 5) is 23.1. The Kier molecular flexibility index (Phi) is 6.69. The second-order valence-corrected chi connectivity index (χ2v) is 5.92. The quantitative estimate of drug-likeness (QED) is 0.872. The molecule has 2 N–H and O–H groups in total. The zero-order chi connectivity index (χ0) is 16.6. The normalized spacial score (nSPS) is 12.2. The smallest absolute Gasteiger partial charge is 0.411 e. The molecule has 0 heterocycles. The molecule has 6 heteroatoms. The number of anilines is 1. The van der Waals surface area contributed by atoms with Gasteiger partial charge in [0, 0.05) is 18.7 Å². The van der Waals surface area contributed by atoms with Gasteiger partial charge in [-0.2, -0.15) is 0 Å². The second-order valence-electron chi connectivity index (χ2n) is 5.92. The van der Waals surface area contributed by atoms with Crippen molar-refractivity contribution in [2.45, 2.75) is 45.8 Å². The third-order valence-corrected chi connectivity index (χ3v) is 2.55. The Labute approximate surface area is 131 Å². The van der Waals surface area contributed by atoms with Crippen molar-refractivity contribution < 1.29 is 19.1 Å². The maximum absolute atomic E-state index is 11.7. The molecule has 0 bridgehead atoms. The molecule has 1 rings (SSSR count). The predicted molar refractivity (Wildman–Crippen MR) is 84.9 cm³/mol. The lowest BCUT2D eigenvalue weighted by molar-refractivity contribution is 0.0518. The molecule has 6 nitrogen and oxygen atoms in total. The molecule has 0 saturated carbocycles. The summed E-state index contributed by atoms with van der Waals surface area (Å²) in [7, 11) is 0. The van der Waals surface area contributed by atoms with Gasteiger partial charge in [-0.15, -0.1) is 0 Å². The number of nitrogens with one attached hydrogen (secondary N) is 2. The van der Waals surface area contributed by atoms with E-state index in [-0.39, 0.29) is 6.10 Å². The number of alkyl carbamates (subject to hydrolysis) is 1. The SMILES string of the molecule is CC(CCNC(=O)OC(C)(C)C)OC(=O)Nc1ccccc1. The highest BCUT2D eigenvalue weighted by Gasteiger charge is 2.16. The highest BCUT2D eigenvalue weighted by molar-refractivity contribution is 5.84. The van der Waals surface area contributed by atoms with Crippen molar-refractivity contribution in [2.75, 3.05) is 11.9 Å². The number of rotatable bonds is 5. The molecule has 2 amide bonds. The van der Waals surface area contributed by atoms with Crippen LogP contribution in [0.3, 0.4) is 0 Å². The van der Waals surface area contributed by atoms with Crippen LogP contribution in [0.4, 0.5) is 15.3 Å². The Morgan fingerprint density at radius 3 is 2.36 bits per heavy atom. The summed E-state index contributed by atoms with van der Waals surface area (Å²) in [6, 6.07) is 9.06. The Hall–Kier alpha value is -2.24. The van der Waals surface area contributed by atoms with Crippen molar-refractivity contribution in [3.05, 3.63) is 30.3 Å². The van der Waals surface area contributed by atoms with Crippen LogP contribution < -0.4 is 10.6 Å². The van der Waals surface area contributed by atoms with Gasteiger partial charge in [-0.25, -0.2) is 9.59 Å². The fourth-order valence-corrected chi connectivity index (χ4v) is 1.60. The third-order valence-electron chi connectivity index (χ3n) is 2.55. The van der Waals surface area contributed by atoms with Crippen molar-refractivity contribution in [3.8, 4) is 0 Å². The number of carbonyl (C=O) groups is 2. The average molecular weight is 308 g/mol. The van der Waals surface area contributed by atoms with Gasteiger partial charge < -0.3 is 14.8 Å². The Morgan fingerprint density at radius 1 is 1.14 bits per heavy atom. The average Bonchev–Trinajstić information content (AvgIpc) is 2.37. The zero-order valence-electron chi connectivity index (χ0n) is 13.5. The van der Waals surface area contributed by atoms with E-state index >= 15 is 0 Å². The minimum atomic E-state index is -0.526. The number of hydrogen-bond acceptors (Lipinski definition) is 4. The largest absolute Gasteiger partial charge is 0.446 e. The summed E-state index contributed by atoms with van der Waals surface area (Å²) in [5, 5.41) is 5.25. The molecular formula is C16H24N2O4. The highest BCUT2D eigenvalue weighted by Crippen LogP contribution is 2.08. The maximum atomic E-state index is 11.7. The number of benzene rings is 1. The van der Waals surface area contributed by atoms with Gasteiger partial charge in [-0.05, 0) is 39.8 Å². The van der Waals surface area contributed by atoms with Crippen LogP contribution in [0.5, 0.6) is 0 Å². The van der Waals surface area contributed by atoms with E-state index in [9.17, 15) is 9.59 Å². The zero-order valence-corrected chi connectivity index (χ0v) is 13.5. The molecule has 0 aromatic heterocycles. The van der Waals surface area contributed by atoms with Crippen LogP contribution in [0.25, 0.3) is 0 Å². The van der Waals surface area contributed by atoms with Gasteiger partial charge in [-0.3, -0.25) is 5.32 Å². The summed E-state index contributed by atoms with van der Waals surface area (Å²) >= 11 is 0. The molecule has 0 aliphatic rings. The number of ether oxygens (including phenoxy) is 2. The third kappa shape index (κ3) is 8.14. The van der Waals surface area contributed by atoms with Crippen LogP contribution in [0.2, 0.25) is 0 Å². The first-order valence-electron chi connectivity index (χ1n) is 7.26. The van der Waals surface area contributed by atoms with E-state index in [1.165, 1.54) is 0 Å².